The number of rotatable bonds is 19. The van der Waals surface area contributed by atoms with Crippen LogP contribution in [0.5, 0.6) is 0 Å². The number of carboxylic acid groups (broad SMARTS) is 1. The van der Waals surface area contributed by atoms with Crippen LogP contribution in [0.2, 0.25) is 0 Å². The Labute approximate surface area is 355 Å². The molecule has 2 fully saturated rings. The summed E-state index contributed by atoms with van der Waals surface area (Å²) >= 11 is 0. The summed E-state index contributed by atoms with van der Waals surface area (Å²) in [6.07, 6.45) is -5.31. The van der Waals surface area contributed by atoms with Crippen molar-refractivity contribution in [2.75, 3.05) is 20.3 Å². The number of ketones is 2. The maximum atomic E-state index is 12.9. The number of carboxylic acids is 1. The van der Waals surface area contributed by atoms with Gasteiger partial charge in [-0.2, -0.15) is 0 Å². The zero-order chi connectivity index (χ0) is 47.7. The lowest BCUT2D eigenvalue weighted by atomic mass is 9.79. The lowest BCUT2D eigenvalue weighted by Gasteiger charge is -2.48. The van der Waals surface area contributed by atoms with Gasteiger partial charge in [-0.25, -0.2) is 9.59 Å². The lowest BCUT2D eigenvalue weighted by Crippen LogP contribution is -2.64. The minimum atomic E-state index is -2.79. The van der Waals surface area contributed by atoms with Gasteiger partial charge in [0.05, 0.1) is 45.2 Å². The van der Waals surface area contributed by atoms with E-state index in [1.807, 2.05) is 0 Å². The molecule has 62 heavy (non-hydrogen) atoms. The maximum absolute atomic E-state index is 12.9. The van der Waals surface area contributed by atoms with Gasteiger partial charge >= 0.3 is 47.6 Å². The smallest absolute Gasteiger partial charge is 0.379 e. The molecule has 0 saturated carbocycles. The number of terminal acetylenes is 2. The molecule has 2 aliphatic heterocycles. The van der Waals surface area contributed by atoms with E-state index in [2.05, 4.69) is 11.8 Å². The number of hydrogen-bond donors (Lipinski definition) is 6. The lowest BCUT2D eigenvalue weighted by molar-refractivity contribution is -0.312. The fourth-order valence-corrected chi connectivity index (χ4v) is 6.62. The first-order chi connectivity index (χ1) is 28.8. The third kappa shape index (κ3) is 16.1. The van der Waals surface area contributed by atoms with Crippen LogP contribution in [0.1, 0.15) is 73.1 Å². The van der Waals surface area contributed by atoms with Crippen molar-refractivity contribution in [2.45, 2.75) is 134 Å². The highest BCUT2D eigenvalue weighted by atomic mass is 16.8. The molecular formula is C39H52O23. The second kappa shape index (κ2) is 24.8. The van der Waals surface area contributed by atoms with Gasteiger partial charge in [0.1, 0.15) is 42.6 Å². The van der Waals surface area contributed by atoms with Gasteiger partial charge in [-0.1, -0.05) is 11.8 Å². The summed E-state index contributed by atoms with van der Waals surface area (Å²) in [5.74, 6) is -11.7. The summed E-state index contributed by atoms with van der Waals surface area (Å²) in [5, 5.41) is 57.4. The van der Waals surface area contributed by atoms with Crippen LogP contribution in [0.15, 0.2) is 0 Å². The Morgan fingerprint density at radius 3 is 1.76 bits per heavy atom. The minimum absolute atomic E-state index is 0.238. The van der Waals surface area contributed by atoms with Crippen molar-refractivity contribution in [3.63, 3.8) is 0 Å². The molecule has 0 aliphatic carbocycles. The summed E-state index contributed by atoms with van der Waals surface area (Å²) in [6.45, 7) is 3.63. The van der Waals surface area contributed by atoms with Crippen LogP contribution in [-0.2, 0) is 81.0 Å². The van der Waals surface area contributed by atoms with E-state index in [0.717, 1.165) is 41.7 Å². The average molecular weight is 889 g/mol. The van der Waals surface area contributed by atoms with Crippen molar-refractivity contribution in [3.8, 4) is 24.7 Å². The maximum Gasteiger partial charge on any atom is 0.379 e. The van der Waals surface area contributed by atoms with Crippen LogP contribution >= 0.6 is 0 Å². The van der Waals surface area contributed by atoms with Crippen LogP contribution in [0, 0.1) is 36.5 Å². The van der Waals surface area contributed by atoms with E-state index in [4.69, 9.17) is 61.0 Å². The van der Waals surface area contributed by atoms with E-state index in [9.17, 15) is 63.6 Å². The van der Waals surface area contributed by atoms with Crippen LogP contribution in [0.3, 0.4) is 0 Å². The molecule has 0 aromatic carbocycles. The molecule has 2 aliphatic rings. The minimum Gasteiger partial charge on any atom is -0.477 e. The number of methoxy groups -OCH3 is 1. The highest BCUT2D eigenvalue weighted by Crippen LogP contribution is 2.42. The first-order valence-corrected chi connectivity index (χ1v) is 18.6. The van der Waals surface area contributed by atoms with Crippen LogP contribution in [-0.4, -0.2) is 165 Å². The number of aliphatic hydroxyl groups is 5. The molecule has 23 heteroatoms. The molecule has 0 aromatic heterocycles. The highest BCUT2D eigenvalue weighted by molar-refractivity contribution is 5.83. The molecule has 12 atom stereocenters. The quantitative estimate of drug-likeness (QED) is 0.0439. The molecule has 346 valence electrons. The molecule has 2 saturated heterocycles. The molecule has 0 bridgehead atoms. The number of esters is 6. The van der Waals surface area contributed by atoms with E-state index in [0.29, 0.717) is 0 Å². The third-order valence-electron chi connectivity index (χ3n) is 9.09. The molecular weight excluding hydrogens is 836 g/mol. The van der Waals surface area contributed by atoms with E-state index >= 15 is 0 Å². The molecule has 0 amide bonds. The standard InChI is InChI=1S/C25H32O14.C14H20O9/c1-8-9-18(31)10-19-20(35-14(3)27)11-25(24(32)33-7,38-17(6)30)39-22(19)23(37-16(5)29)21(36-15(4)28)12-34-13(2)26;1-2-3-7(16)4-8-9(17)5-14(22,13(20)21)23-12(8)11(19)10(18)6-15/h1,19-23H,9-12H2,2-7H3;1,8-12,15,17-19,22H,3-6H2,(H,20,21)/t19?,20?,21-,22?,23-,25?;8?,9?,10-,11-,12?,14?/m11/s1. The van der Waals surface area contributed by atoms with E-state index in [-0.39, 0.29) is 19.3 Å². The van der Waals surface area contributed by atoms with Gasteiger partial charge in [-0.05, 0) is 0 Å². The molecule has 2 rings (SSSR count). The fourth-order valence-electron chi connectivity index (χ4n) is 6.62. The zero-order valence-corrected chi connectivity index (χ0v) is 34.7. The van der Waals surface area contributed by atoms with Crippen molar-refractivity contribution >= 4 is 53.4 Å². The Hall–Kier alpha value is -5.53. The van der Waals surface area contributed by atoms with Crippen molar-refractivity contribution < 1.29 is 112 Å². The van der Waals surface area contributed by atoms with Crippen LogP contribution < -0.4 is 0 Å². The normalized spacial score (nSPS) is 27.2. The van der Waals surface area contributed by atoms with Crippen molar-refractivity contribution in [1.29, 1.82) is 0 Å². The summed E-state index contributed by atoms with van der Waals surface area (Å²) in [7, 11) is 0.973. The second-order valence-corrected chi connectivity index (χ2v) is 14.1. The van der Waals surface area contributed by atoms with Crippen LogP contribution in [0.4, 0.5) is 0 Å². The van der Waals surface area contributed by atoms with Gasteiger partial charge in [-0.15, -0.1) is 12.8 Å². The van der Waals surface area contributed by atoms with Crippen molar-refractivity contribution in [2.24, 2.45) is 11.8 Å². The summed E-state index contributed by atoms with van der Waals surface area (Å²) in [4.78, 5) is 108. The second-order valence-electron chi connectivity index (χ2n) is 14.1. The Bertz CT molecular complexity index is 1730. The topological polar surface area (TPSA) is 349 Å². The van der Waals surface area contributed by atoms with Crippen molar-refractivity contribution in [1.82, 2.24) is 0 Å². The summed E-state index contributed by atoms with van der Waals surface area (Å²) in [6, 6.07) is 0. The predicted molar refractivity (Wildman–Crippen MR) is 200 cm³/mol. The number of aliphatic hydroxyl groups excluding tert-OH is 4. The van der Waals surface area contributed by atoms with Gasteiger partial charge in [-0.3, -0.25) is 33.6 Å². The van der Waals surface area contributed by atoms with E-state index < -0.39 is 158 Å². The largest absolute Gasteiger partial charge is 0.477 e. The first kappa shape index (κ1) is 54.5. The third-order valence-corrected chi connectivity index (χ3v) is 9.09. The highest BCUT2D eigenvalue weighted by Gasteiger charge is 2.60. The number of aliphatic carboxylic acids is 1. The molecule has 0 radical (unpaired) electrons. The van der Waals surface area contributed by atoms with Gasteiger partial charge in [0.25, 0.3) is 5.79 Å². The molecule has 6 N–H and O–H groups in total. The Kier molecular flexibility index (Phi) is 21.8. The van der Waals surface area contributed by atoms with Gasteiger partial charge in [0.15, 0.2) is 12.2 Å². The fraction of sp³-hybridized carbons (Fsp3) is 0.667. The van der Waals surface area contributed by atoms with E-state index in [1.165, 1.54) is 0 Å². The first-order valence-electron chi connectivity index (χ1n) is 18.6. The monoisotopic (exact) mass is 888 g/mol. The number of Topliss-reactive ketones (excluding diaryl/α,β-unsaturated/α-hetero) is 2. The SMILES string of the molecule is C#CCC(=O)CC1C(O)CC(O)(C(=O)O)OC1[C@H](O)[C@H](O)CO.C#CCC(=O)CC1C(OC(C)=O)CC(OC(C)=O)(C(=O)OC)OC1[C@H](OC(C)=O)[C@@H](COC(C)=O)OC(C)=O. The van der Waals surface area contributed by atoms with E-state index in [1.54, 1.807) is 0 Å². The number of ether oxygens (including phenoxy) is 8. The van der Waals surface area contributed by atoms with Crippen molar-refractivity contribution in [3.05, 3.63) is 0 Å². The molecule has 2 heterocycles. The number of carbonyl (C=O) groups is 9. The Morgan fingerprint density at radius 1 is 0.774 bits per heavy atom. The average Bonchev–Trinajstić information content (AvgIpc) is 3.16. The number of carbonyl (C=O) groups excluding carboxylic acids is 8. The predicted octanol–water partition coefficient (Wildman–Crippen LogP) is -2.61. The van der Waals surface area contributed by atoms with Crippen LogP contribution in [0.25, 0.3) is 0 Å². The Morgan fingerprint density at radius 2 is 1.32 bits per heavy atom. The van der Waals surface area contributed by atoms with Gasteiger partial charge in [0.2, 0.25) is 0 Å². The molecule has 8 unspecified atom stereocenters. The van der Waals surface area contributed by atoms with Gasteiger partial charge < -0.3 is 68.5 Å². The molecule has 0 aromatic rings. The zero-order valence-electron chi connectivity index (χ0n) is 34.7. The summed E-state index contributed by atoms with van der Waals surface area (Å²) < 4.78 is 41.9. The van der Waals surface area contributed by atoms with Gasteiger partial charge in [0, 0.05) is 65.7 Å². The molecule has 0 spiro atoms. The number of hydrogen-bond acceptors (Lipinski definition) is 22. The Balaban J connectivity index is 0.000000708. The summed E-state index contributed by atoms with van der Waals surface area (Å²) in [5.41, 5.74) is 0. The molecule has 23 nitrogen and oxygen atoms in total.